The number of hydrogen-bond acceptors (Lipinski definition) is 8. The van der Waals surface area contributed by atoms with Crippen LogP contribution < -0.4 is 15.4 Å². The number of aryl methyl sites for hydroxylation is 1. The molecule has 178 valence electrons. The highest BCUT2D eigenvalue weighted by Crippen LogP contribution is 2.36. The van der Waals surface area contributed by atoms with Gasteiger partial charge in [-0.3, -0.25) is 4.79 Å². The minimum absolute atomic E-state index is 0.0263. The molecule has 3 aliphatic rings. The van der Waals surface area contributed by atoms with Crippen LogP contribution in [0.3, 0.4) is 0 Å². The second kappa shape index (κ2) is 8.35. The van der Waals surface area contributed by atoms with Crippen molar-refractivity contribution in [3.05, 3.63) is 24.5 Å². The number of nitrogens with one attached hydrogen (secondary N) is 2. The number of carbonyl (C=O) groups excluding carboxylic acids is 1. The summed E-state index contributed by atoms with van der Waals surface area (Å²) >= 11 is 0. The molecular weight excluding hydrogens is 448 g/mol. The summed E-state index contributed by atoms with van der Waals surface area (Å²) in [6, 6.07) is 3.81. The molecule has 1 aromatic heterocycles. The van der Waals surface area contributed by atoms with Crippen molar-refractivity contribution in [1.82, 2.24) is 29.7 Å². The molecule has 0 unspecified atom stereocenters. The van der Waals surface area contributed by atoms with Crippen molar-refractivity contribution < 1.29 is 23.1 Å². The number of aromatic nitrogens is 3. The molecule has 1 spiro atoms. The molecule has 0 aliphatic carbocycles. The van der Waals surface area contributed by atoms with Gasteiger partial charge in [-0.25, -0.2) is 18.1 Å². The Bertz CT molecular complexity index is 1160. The number of amides is 1. The van der Waals surface area contributed by atoms with Crippen molar-refractivity contribution >= 4 is 15.9 Å². The zero-order chi connectivity index (χ0) is 23.2. The summed E-state index contributed by atoms with van der Waals surface area (Å²) in [6.45, 7) is 1.61. The summed E-state index contributed by atoms with van der Waals surface area (Å²) in [6.07, 6.45) is 2.56. The average Bonchev–Trinajstić information content (AvgIpc) is 3.39. The molecule has 12 heteroatoms. The first-order valence-electron chi connectivity index (χ1n) is 11.1. The first kappa shape index (κ1) is 22.3. The number of aliphatic hydroxyl groups excluding tert-OH is 1. The van der Waals surface area contributed by atoms with E-state index in [1.807, 2.05) is 0 Å². The fraction of sp³-hybridized carbons (Fsp3) is 0.571. The summed E-state index contributed by atoms with van der Waals surface area (Å²) in [4.78, 5) is 17.5. The molecule has 2 aromatic rings. The van der Waals surface area contributed by atoms with Crippen LogP contribution in [0.1, 0.15) is 25.7 Å². The maximum absolute atomic E-state index is 13.7. The number of piperidine rings is 1. The van der Waals surface area contributed by atoms with Crippen LogP contribution in [0.15, 0.2) is 29.4 Å². The molecule has 0 bridgehead atoms. The van der Waals surface area contributed by atoms with Crippen LogP contribution in [0, 0.1) is 0 Å². The van der Waals surface area contributed by atoms with Gasteiger partial charge in [-0.2, -0.15) is 9.40 Å². The Labute approximate surface area is 192 Å². The monoisotopic (exact) mass is 476 g/mol. The molecule has 1 amide bonds. The molecule has 11 nitrogen and oxygen atoms in total. The normalized spacial score (nSPS) is 27.2. The minimum atomic E-state index is -4.11. The van der Waals surface area contributed by atoms with E-state index in [-0.39, 0.29) is 36.1 Å². The second-order valence-corrected chi connectivity index (χ2v) is 10.8. The molecule has 2 atom stereocenters. The topological polar surface area (TPSA) is 139 Å². The maximum atomic E-state index is 13.7. The Kier molecular flexibility index (Phi) is 5.63. The zero-order valence-corrected chi connectivity index (χ0v) is 19.2. The minimum Gasteiger partial charge on any atom is -0.492 e. The number of hydrogen-bond donors (Lipinski definition) is 3. The largest absolute Gasteiger partial charge is 0.492 e. The van der Waals surface area contributed by atoms with Gasteiger partial charge in [0.1, 0.15) is 23.0 Å². The summed E-state index contributed by atoms with van der Waals surface area (Å²) in [5.41, 5.74) is 0.180. The predicted molar refractivity (Wildman–Crippen MR) is 118 cm³/mol. The van der Waals surface area contributed by atoms with E-state index in [9.17, 15) is 18.3 Å². The molecule has 2 saturated heterocycles. The second-order valence-electron chi connectivity index (χ2n) is 8.97. The molecule has 0 saturated carbocycles. The van der Waals surface area contributed by atoms with Crippen molar-refractivity contribution in [3.63, 3.8) is 0 Å². The average molecular weight is 477 g/mol. The number of fused-ring (bicyclic) bond motifs is 2. The summed E-state index contributed by atoms with van der Waals surface area (Å²) in [5.74, 6) is 0.416. The van der Waals surface area contributed by atoms with Crippen molar-refractivity contribution in [2.75, 3.05) is 26.2 Å². The van der Waals surface area contributed by atoms with Crippen molar-refractivity contribution in [3.8, 4) is 17.1 Å². The van der Waals surface area contributed by atoms with Gasteiger partial charge < -0.3 is 20.5 Å². The molecule has 0 radical (unpaired) electrons. The van der Waals surface area contributed by atoms with Crippen LogP contribution in [0.4, 0.5) is 0 Å². The van der Waals surface area contributed by atoms with E-state index in [0.717, 1.165) is 30.2 Å². The predicted octanol–water partition coefficient (Wildman–Crippen LogP) is -0.373. The van der Waals surface area contributed by atoms with E-state index < -0.39 is 27.7 Å². The van der Waals surface area contributed by atoms with E-state index >= 15 is 0 Å². The van der Waals surface area contributed by atoms with Gasteiger partial charge in [0.25, 0.3) is 0 Å². The molecule has 5 rings (SSSR count). The first-order chi connectivity index (χ1) is 15.8. The SMILES string of the molecule is Cn1ncnc1-c1ccc2c(c1)OCCC1(CCNCC1)NC(=O)[C@@H]1C[C@@H](O)CN1S2(=O)=O. The molecule has 33 heavy (non-hydrogen) atoms. The van der Waals surface area contributed by atoms with E-state index in [1.165, 1.54) is 12.4 Å². The van der Waals surface area contributed by atoms with Gasteiger partial charge in [0.2, 0.25) is 15.9 Å². The number of nitrogens with zero attached hydrogens (tertiary/aromatic N) is 4. The summed E-state index contributed by atoms with van der Waals surface area (Å²) < 4.78 is 36.1. The lowest BCUT2D eigenvalue weighted by Gasteiger charge is -2.39. The van der Waals surface area contributed by atoms with E-state index in [2.05, 4.69) is 20.7 Å². The first-order valence-corrected chi connectivity index (χ1v) is 12.6. The third kappa shape index (κ3) is 4.01. The van der Waals surface area contributed by atoms with Gasteiger partial charge in [0, 0.05) is 37.5 Å². The molecular formula is C21H28N6O5S. The number of rotatable bonds is 1. The van der Waals surface area contributed by atoms with Gasteiger partial charge in [0.15, 0.2) is 5.82 Å². The Morgan fingerprint density at radius 2 is 2.03 bits per heavy atom. The number of benzene rings is 1. The molecule has 2 fully saturated rings. The zero-order valence-electron chi connectivity index (χ0n) is 18.4. The number of sulfonamides is 1. The van der Waals surface area contributed by atoms with Crippen LogP contribution in [-0.2, 0) is 21.9 Å². The highest BCUT2D eigenvalue weighted by atomic mass is 32.2. The lowest BCUT2D eigenvalue weighted by Crippen LogP contribution is -2.58. The van der Waals surface area contributed by atoms with Crippen LogP contribution in [0.2, 0.25) is 0 Å². The Balaban J connectivity index is 1.60. The smallest absolute Gasteiger partial charge is 0.247 e. The Morgan fingerprint density at radius 1 is 1.24 bits per heavy atom. The third-order valence-corrected chi connectivity index (χ3v) is 8.74. The Morgan fingerprint density at radius 3 is 2.76 bits per heavy atom. The summed E-state index contributed by atoms with van der Waals surface area (Å²) in [5, 5.41) is 20.8. The molecule has 1 aromatic carbocycles. The molecule has 3 N–H and O–H groups in total. The molecule has 4 heterocycles. The van der Waals surface area contributed by atoms with Crippen molar-refractivity contribution in [2.24, 2.45) is 7.05 Å². The van der Waals surface area contributed by atoms with Crippen LogP contribution in [-0.4, -0.2) is 82.4 Å². The lowest BCUT2D eigenvalue weighted by molar-refractivity contribution is -0.126. The van der Waals surface area contributed by atoms with Crippen molar-refractivity contribution in [2.45, 2.75) is 48.3 Å². The van der Waals surface area contributed by atoms with E-state index in [1.54, 1.807) is 23.9 Å². The van der Waals surface area contributed by atoms with Gasteiger partial charge in [-0.15, -0.1) is 0 Å². The highest BCUT2D eigenvalue weighted by Gasteiger charge is 2.47. The maximum Gasteiger partial charge on any atom is 0.247 e. The van der Waals surface area contributed by atoms with Gasteiger partial charge in [-0.1, -0.05) is 0 Å². The van der Waals surface area contributed by atoms with E-state index in [0.29, 0.717) is 17.8 Å². The quantitative estimate of drug-likeness (QED) is 0.507. The third-order valence-electron chi connectivity index (χ3n) is 6.82. The molecule has 3 aliphatic heterocycles. The van der Waals surface area contributed by atoms with Gasteiger partial charge in [-0.05, 0) is 44.1 Å². The number of aliphatic hydroxyl groups is 1. The summed E-state index contributed by atoms with van der Waals surface area (Å²) in [7, 11) is -2.35. The van der Waals surface area contributed by atoms with Gasteiger partial charge >= 0.3 is 0 Å². The van der Waals surface area contributed by atoms with Gasteiger partial charge in [0.05, 0.1) is 12.7 Å². The standard InChI is InChI=1S/C21H28N6O5S/c1-26-19(23-13-24-26)14-2-3-18-17(10-14)32-9-6-21(4-7-22-8-5-21)25-20(29)16-11-15(28)12-27(16)33(18,30)31/h2-3,10,13,15-16,22,28H,4-9,11-12H2,1H3,(H,25,29)/t15-,16+/m1/s1. The van der Waals surface area contributed by atoms with Crippen LogP contribution in [0.25, 0.3) is 11.4 Å². The fourth-order valence-electron chi connectivity index (χ4n) is 4.99. The van der Waals surface area contributed by atoms with E-state index in [4.69, 9.17) is 4.74 Å². The van der Waals surface area contributed by atoms with Crippen LogP contribution >= 0.6 is 0 Å². The van der Waals surface area contributed by atoms with Crippen molar-refractivity contribution in [1.29, 1.82) is 0 Å². The van der Waals surface area contributed by atoms with Crippen LogP contribution in [0.5, 0.6) is 5.75 Å². The fourth-order valence-corrected chi connectivity index (χ4v) is 6.74. The Hall–Kier alpha value is -2.54. The lowest BCUT2D eigenvalue weighted by atomic mass is 9.85. The highest BCUT2D eigenvalue weighted by molar-refractivity contribution is 7.89. The number of carbonyl (C=O) groups is 1. The number of ether oxygens (including phenoxy) is 1.